The van der Waals surface area contributed by atoms with Crippen LogP contribution >= 0.6 is 0 Å². The number of nitrogens with two attached hydrogens (primary N) is 1. The Bertz CT molecular complexity index is 355. The third-order valence-corrected chi connectivity index (χ3v) is 2.42. The predicted molar refractivity (Wildman–Crippen MR) is 68.5 cm³/mol. The number of nitrogen functional groups attached to an aromatic ring is 1. The summed E-state index contributed by atoms with van der Waals surface area (Å²) >= 11 is 0. The Morgan fingerprint density at radius 2 is 2.00 bits per heavy atom. The predicted octanol–water partition coefficient (Wildman–Crippen LogP) is 2.57. The van der Waals surface area contributed by atoms with Gasteiger partial charge in [0.05, 0.1) is 0 Å². The molecule has 1 aromatic heterocycles. The van der Waals surface area contributed by atoms with E-state index in [1.807, 2.05) is 0 Å². The van der Waals surface area contributed by atoms with Gasteiger partial charge in [-0.25, -0.2) is 9.97 Å². The Morgan fingerprint density at radius 1 is 1.38 bits per heavy atom. The fourth-order valence-electron chi connectivity index (χ4n) is 1.23. The summed E-state index contributed by atoms with van der Waals surface area (Å²) in [6, 6.07) is 2.17. The van der Waals surface area contributed by atoms with Gasteiger partial charge < -0.3 is 11.1 Å². The largest absolute Gasteiger partial charge is 0.384 e. The van der Waals surface area contributed by atoms with E-state index >= 15 is 0 Å². The molecule has 0 aliphatic carbocycles. The first-order valence-corrected chi connectivity index (χ1v) is 5.74. The molecule has 0 spiro atoms. The summed E-state index contributed by atoms with van der Waals surface area (Å²) < 4.78 is 0. The van der Waals surface area contributed by atoms with Crippen molar-refractivity contribution in [3.63, 3.8) is 0 Å². The van der Waals surface area contributed by atoms with Crippen molar-refractivity contribution in [3.05, 3.63) is 11.9 Å². The average Bonchev–Trinajstić information content (AvgIpc) is 2.15. The van der Waals surface area contributed by atoms with Gasteiger partial charge >= 0.3 is 0 Å². The monoisotopic (exact) mass is 222 g/mol. The van der Waals surface area contributed by atoms with Crippen molar-refractivity contribution in [3.8, 4) is 0 Å². The molecule has 1 heterocycles. The van der Waals surface area contributed by atoms with Gasteiger partial charge in [0.25, 0.3) is 0 Å². The van der Waals surface area contributed by atoms with E-state index < -0.39 is 0 Å². The third kappa shape index (κ3) is 3.36. The SMILES string of the molecule is CCC(C)Nc1cc(N)nc(C(C)(C)C)n1. The average molecular weight is 222 g/mol. The molecule has 4 heteroatoms. The Morgan fingerprint density at radius 3 is 2.50 bits per heavy atom. The molecule has 0 saturated heterocycles. The highest BCUT2D eigenvalue weighted by atomic mass is 15.1. The third-order valence-electron chi connectivity index (χ3n) is 2.42. The second-order valence-corrected chi connectivity index (χ2v) is 5.21. The summed E-state index contributed by atoms with van der Waals surface area (Å²) in [6.45, 7) is 10.5. The van der Waals surface area contributed by atoms with Crippen LogP contribution in [0.5, 0.6) is 0 Å². The first kappa shape index (κ1) is 12.7. The fourth-order valence-corrected chi connectivity index (χ4v) is 1.23. The molecule has 1 aromatic rings. The molecule has 0 aliphatic heterocycles. The van der Waals surface area contributed by atoms with Gasteiger partial charge in [-0.3, -0.25) is 0 Å². The summed E-state index contributed by atoms with van der Waals surface area (Å²) in [5, 5.41) is 3.31. The van der Waals surface area contributed by atoms with Crippen LogP contribution in [0.15, 0.2) is 6.07 Å². The standard InChI is InChI=1S/C12H22N4/c1-6-8(2)14-10-7-9(13)15-11(16-10)12(3,4)5/h7-8H,6H2,1-5H3,(H3,13,14,15,16). The highest BCUT2D eigenvalue weighted by Gasteiger charge is 2.18. The summed E-state index contributed by atoms with van der Waals surface area (Å²) in [5.74, 6) is 2.11. The summed E-state index contributed by atoms with van der Waals surface area (Å²) in [6.07, 6.45) is 1.05. The van der Waals surface area contributed by atoms with Crippen LogP contribution in [0, 0.1) is 0 Å². The summed E-state index contributed by atoms with van der Waals surface area (Å²) in [5.41, 5.74) is 5.70. The van der Waals surface area contributed by atoms with Crippen molar-refractivity contribution in [2.45, 2.75) is 52.5 Å². The van der Waals surface area contributed by atoms with Crippen LogP contribution in [0.3, 0.4) is 0 Å². The first-order valence-electron chi connectivity index (χ1n) is 5.74. The Kier molecular flexibility index (Phi) is 3.73. The van der Waals surface area contributed by atoms with Crippen LogP contribution in [-0.2, 0) is 5.41 Å². The van der Waals surface area contributed by atoms with Crippen molar-refractivity contribution in [1.29, 1.82) is 0 Å². The minimum absolute atomic E-state index is 0.0821. The van der Waals surface area contributed by atoms with E-state index in [2.05, 4.69) is 49.9 Å². The smallest absolute Gasteiger partial charge is 0.138 e. The second-order valence-electron chi connectivity index (χ2n) is 5.21. The summed E-state index contributed by atoms with van der Waals surface area (Å²) in [4.78, 5) is 8.76. The number of nitrogens with one attached hydrogen (secondary N) is 1. The molecular weight excluding hydrogens is 200 g/mol. The topological polar surface area (TPSA) is 63.8 Å². The lowest BCUT2D eigenvalue weighted by molar-refractivity contribution is 0.546. The Labute approximate surface area is 97.7 Å². The molecule has 16 heavy (non-hydrogen) atoms. The van der Waals surface area contributed by atoms with Crippen LogP contribution in [-0.4, -0.2) is 16.0 Å². The molecule has 4 nitrogen and oxygen atoms in total. The molecule has 0 bridgehead atoms. The van der Waals surface area contributed by atoms with Crippen molar-refractivity contribution >= 4 is 11.6 Å². The van der Waals surface area contributed by atoms with Gasteiger partial charge in [0.2, 0.25) is 0 Å². The number of rotatable bonds is 3. The molecule has 0 saturated carbocycles. The van der Waals surface area contributed by atoms with Gasteiger partial charge in [0.1, 0.15) is 17.5 Å². The van der Waals surface area contributed by atoms with Crippen molar-refractivity contribution < 1.29 is 0 Å². The van der Waals surface area contributed by atoms with Gasteiger partial charge in [0, 0.05) is 17.5 Å². The maximum atomic E-state index is 5.78. The molecule has 0 amide bonds. The van der Waals surface area contributed by atoms with Crippen LogP contribution in [0.25, 0.3) is 0 Å². The molecule has 0 fully saturated rings. The van der Waals surface area contributed by atoms with Crippen molar-refractivity contribution in [2.24, 2.45) is 0 Å². The van der Waals surface area contributed by atoms with E-state index in [0.29, 0.717) is 11.9 Å². The fraction of sp³-hybridized carbons (Fsp3) is 0.667. The lowest BCUT2D eigenvalue weighted by Crippen LogP contribution is -2.20. The number of anilines is 2. The number of nitrogens with zero attached hydrogens (tertiary/aromatic N) is 2. The van der Waals surface area contributed by atoms with Crippen LogP contribution in [0.4, 0.5) is 11.6 Å². The van der Waals surface area contributed by atoms with E-state index in [1.165, 1.54) is 0 Å². The first-order chi connectivity index (χ1) is 7.32. The molecule has 1 rings (SSSR count). The Hall–Kier alpha value is -1.32. The highest BCUT2D eigenvalue weighted by molar-refractivity contribution is 5.45. The molecule has 0 aliphatic rings. The maximum Gasteiger partial charge on any atom is 0.138 e. The highest BCUT2D eigenvalue weighted by Crippen LogP contribution is 2.21. The molecule has 0 aromatic carbocycles. The summed E-state index contributed by atoms with van der Waals surface area (Å²) in [7, 11) is 0. The Balaban J connectivity index is 2.99. The van der Waals surface area contributed by atoms with E-state index in [4.69, 9.17) is 5.73 Å². The van der Waals surface area contributed by atoms with Crippen LogP contribution < -0.4 is 11.1 Å². The van der Waals surface area contributed by atoms with E-state index in [-0.39, 0.29) is 5.41 Å². The minimum Gasteiger partial charge on any atom is -0.384 e. The zero-order valence-electron chi connectivity index (χ0n) is 10.8. The molecule has 1 unspecified atom stereocenters. The molecule has 90 valence electrons. The zero-order chi connectivity index (χ0) is 12.3. The van der Waals surface area contributed by atoms with Crippen LogP contribution in [0.1, 0.15) is 46.9 Å². The van der Waals surface area contributed by atoms with E-state index in [0.717, 1.165) is 18.1 Å². The second kappa shape index (κ2) is 4.68. The quantitative estimate of drug-likeness (QED) is 0.825. The number of aromatic nitrogens is 2. The van der Waals surface area contributed by atoms with Gasteiger partial charge in [-0.15, -0.1) is 0 Å². The zero-order valence-corrected chi connectivity index (χ0v) is 10.8. The van der Waals surface area contributed by atoms with Gasteiger partial charge in [0.15, 0.2) is 0 Å². The normalized spacial score (nSPS) is 13.6. The molecule has 3 N–H and O–H groups in total. The van der Waals surface area contributed by atoms with Crippen molar-refractivity contribution in [1.82, 2.24) is 9.97 Å². The van der Waals surface area contributed by atoms with Gasteiger partial charge in [-0.1, -0.05) is 27.7 Å². The van der Waals surface area contributed by atoms with Gasteiger partial charge in [-0.05, 0) is 13.3 Å². The lowest BCUT2D eigenvalue weighted by atomic mass is 9.96. The van der Waals surface area contributed by atoms with Crippen molar-refractivity contribution in [2.75, 3.05) is 11.1 Å². The number of hydrogen-bond donors (Lipinski definition) is 2. The lowest BCUT2D eigenvalue weighted by Gasteiger charge is -2.19. The molecule has 0 radical (unpaired) electrons. The minimum atomic E-state index is -0.0821. The number of hydrogen-bond acceptors (Lipinski definition) is 4. The van der Waals surface area contributed by atoms with E-state index in [1.54, 1.807) is 6.07 Å². The molecule has 1 atom stereocenters. The van der Waals surface area contributed by atoms with Crippen LogP contribution in [0.2, 0.25) is 0 Å². The van der Waals surface area contributed by atoms with E-state index in [9.17, 15) is 0 Å². The van der Waals surface area contributed by atoms with Gasteiger partial charge in [-0.2, -0.15) is 0 Å². The maximum absolute atomic E-state index is 5.78. The molecular formula is C12H22N4.